The molecule has 1 heterocycles. The fourth-order valence-corrected chi connectivity index (χ4v) is 2.72. The normalized spacial score (nSPS) is 11.1. The molecule has 3 rings (SSSR count). The molecule has 0 aliphatic rings. The molecular weight excluding hydrogens is 371 g/mol. The van der Waals surface area contributed by atoms with E-state index in [9.17, 15) is 14.3 Å². The number of aryl methyl sites for hydroxylation is 1. The number of halogens is 2. The number of carboxylic acids is 1. The highest BCUT2D eigenvalue weighted by molar-refractivity contribution is 6.32. The average Bonchev–Trinajstić information content (AvgIpc) is 2.91. The van der Waals surface area contributed by atoms with Crippen LogP contribution in [0.4, 0.5) is 10.1 Å². The van der Waals surface area contributed by atoms with Gasteiger partial charge in [-0.2, -0.15) is 10.2 Å². The van der Waals surface area contributed by atoms with Gasteiger partial charge in [-0.3, -0.25) is 5.43 Å². The van der Waals surface area contributed by atoms with Gasteiger partial charge in [0.15, 0.2) is 0 Å². The minimum atomic E-state index is -1.24. The third-order valence-corrected chi connectivity index (χ3v) is 4.26. The van der Waals surface area contributed by atoms with E-state index in [4.69, 9.17) is 11.6 Å². The summed E-state index contributed by atoms with van der Waals surface area (Å²) in [6.45, 7) is 2.22. The molecule has 0 bridgehead atoms. The zero-order valence-corrected chi connectivity index (χ0v) is 15.1. The molecule has 2 aromatic carbocycles. The molecule has 27 heavy (non-hydrogen) atoms. The lowest BCUT2D eigenvalue weighted by molar-refractivity contribution is -0.255. The molecule has 0 amide bonds. The molecule has 0 atom stereocenters. The fourth-order valence-electron chi connectivity index (χ4n) is 2.43. The molecule has 3 aromatic rings. The summed E-state index contributed by atoms with van der Waals surface area (Å²) >= 11 is 6.38. The predicted octanol–water partition coefficient (Wildman–Crippen LogP) is 2.84. The minimum Gasteiger partial charge on any atom is -0.545 e. The van der Waals surface area contributed by atoms with E-state index in [1.54, 1.807) is 35.2 Å². The highest BCUT2D eigenvalue weighted by Gasteiger charge is 2.12. The molecule has 0 fully saturated rings. The number of nitrogens with one attached hydrogen (secondary N) is 1. The fraction of sp³-hybridized carbons (Fsp3) is 0.105. The Hall–Kier alpha value is -3.19. The molecule has 0 radical (unpaired) electrons. The van der Waals surface area contributed by atoms with Gasteiger partial charge in [0.2, 0.25) is 0 Å². The quantitative estimate of drug-likeness (QED) is 0.522. The number of aromatic nitrogens is 2. The van der Waals surface area contributed by atoms with Gasteiger partial charge in [-0.05, 0) is 42.3 Å². The van der Waals surface area contributed by atoms with E-state index in [1.165, 1.54) is 24.3 Å². The zero-order valence-electron chi connectivity index (χ0n) is 14.3. The molecular formula is C19H15ClFN4O2-. The van der Waals surface area contributed by atoms with Crippen molar-refractivity contribution in [3.05, 3.63) is 81.9 Å². The van der Waals surface area contributed by atoms with Crippen molar-refractivity contribution in [2.24, 2.45) is 5.10 Å². The van der Waals surface area contributed by atoms with Gasteiger partial charge in [0, 0.05) is 0 Å². The van der Waals surface area contributed by atoms with Crippen LogP contribution in [0.5, 0.6) is 0 Å². The number of benzene rings is 2. The highest BCUT2D eigenvalue weighted by atomic mass is 35.5. The average molecular weight is 386 g/mol. The summed E-state index contributed by atoms with van der Waals surface area (Å²) < 4.78 is 14.6. The van der Waals surface area contributed by atoms with Gasteiger partial charge in [0.25, 0.3) is 0 Å². The number of carbonyl (C=O) groups is 1. The summed E-state index contributed by atoms with van der Waals surface area (Å²) in [7, 11) is 0. The van der Waals surface area contributed by atoms with Gasteiger partial charge in [-0.25, -0.2) is 9.07 Å². The van der Waals surface area contributed by atoms with Crippen LogP contribution in [0.2, 0.25) is 5.15 Å². The van der Waals surface area contributed by atoms with Crippen LogP contribution in [0, 0.1) is 12.7 Å². The molecule has 0 saturated heterocycles. The van der Waals surface area contributed by atoms with Crippen LogP contribution in [-0.2, 0) is 6.54 Å². The van der Waals surface area contributed by atoms with Crippen LogP contribution in [0.1, 0.15) is 27.2 Å². The number of hydrogen-bond donors (Lipinski definition) is 1. The second kappa shape index (κ2) is 8.01. The molecule has 0 aliphatic carbocycles. The SMILES string of the molecule is Cc1nn(Cc2ccc(F)cc2)c(Cl)c1/C=N\Nc1ccc(C(=O)[O-])cc1. The summed E-state index contributed by atoms with van der Waals surface area (Å²) in [6, 6.07) is 12.1. The predicted molar refractivity (Wildman–Crippen MR) is 99.5 cm³/mol. The number of carbonyl (C=O) groups excluding carboxylic acids is 1. The number of anilines is 1. The molecule has 0 aliphatic heterocycles. The molecule has 0 spiro atoms. The molecule has 0 saturated carbocycles. The highest BCUT2D eigenvalue weighted by Crippen LogP contribution is 2.19. The van der Waals surface area contributed by atoms with E-state index in [2.05, 4.69) is 15.6 Å². The summed E-state index contributed by atoms with van der Waals surface area (Å²) in [4.78, 5) is 10.7. The first-order valence-electron chi connectivity index (χ1n) is 8.02. The number of hydrogen-bond acceptors (Lipinski definition) is 5. The first-order chi connectivity index (χ1) is 12.9. The number of aromatic carboxylic acids is 1. The molecule has 0 unspecified atom stereocenters. The lowest BCUT2D eigenvalue weighted by Gasteiger charge is -2.04. The van der Waals surface area contributed by atoms with E-state index >= 15 is 0 Å². The van der Waals surface area contributed by atoms with E-state index in [-0.39, 0.29) is 11.4 Å². The number of hydrazone groups is 1. The van der Waals surface area contributed by atoms with Crippen molar-refractivity contribution in [1.82, 2.24) is 9.78 Å². The van der Waals surface area contributed by atoms with Crippen molar-refractivity contribution in [3.8, 4) is 0 Å². The van der Waals surface area contributed by atoms with Crippen LogP contribution >= 0.6 is 11.6 Å². The number of nitrogens with zero attached hydrogens (tertiary/aromatic N) is 3. The molecule has 1 aromatic heterocycles. The number of carboxylic acid groups (broad SMARTS) is 1. The maximum atomic E-state index is 13.0. The van der Waals surface area contributed by atoms with Gasteiger partial charge in [0.1, 0.15) is 11.0 Å². The molecule has 138 valence electrons. The largest absolute Gasteiger partial charge is 0.545 e. The third kappa shape index (κ3) is 4.51. The monoisotopic (exact) mass is 385 g/mol. The third-order valence-electron chi connectivity index (χ3n) is 3.86. The van der Waals surface area contributed by atoms with Crippen molar-refractivity contribution < 1.29 is 14.3 Å². The molecule has 6 nitrogen and oxygen atoms in total. The van der Waals surface area contributed by atoms with E-state index in [0.29, 0.717) is 28.6 Å². The smallest absolute Gasteiger partial charge is 0.136 e. The second-order valence-corrected chi connectivity index (χ2v) is 6.17. The standard InChI is InChI=1S/C19H16ClFN4O2/c1-12-17(10-22-23-16-8-4-14(5-9-16)19(26)27)18(20)25(24-12)11-13-2-6-15(21)7-3-13/h2-10,23H,11H2,1H3,(H,26,27)/p-1/b22-10-. The molecule has 1 N–H and O–H groups in total. The van der Waals surface area contributed by atoms with Crippen molar-refractivity contribution in [2.75, 3.05) is 5.43 Å². The van der Waals surface area contributed by atoms with Crippen LogP contribution in [0.3, 0.4) is 0 Å². The van der Waals surface area contributed by atoms with E-state index in [0.717, 1.165) is 5.56 Å². The van der Waals surface area contributed by atoms with Crippen LogP contribution in [0.15, 0.2) is 53.6 Å². The topological polar surface area (TPSA) is 82.3 Å². The first-order valence-corrected chi connectivity index (χ1v) is 8.39. The lowest BCUT2D eigenvalue weighted by Crippen LogP contribution is -2.21. The summed E-state index contributed by atoms with van der Waals surface area (Å²) in [5.41, 5.74) is 5.72. The maximum Gasteiger partial charge on any atom is 0.136 e. The van der Waals surface area contributed by atoms with Gasteiger partial charge >= 0.3 is 0 Å². The second-order valence-electron chi connectivity index (χ2n) is 5.81. The van der Waals surface area contributed by atoms with Gasteiger partial charge in [0.05, 0.1) is 35.7 Å². The van der Waals surface area contributed by atoms with Crippen molar-refractivity contribution >= 4 is 29.5 Å². The Morgan fingerprint density at radius 3 is 2.56 bits per heavy atom. The number of rotatable bonds is 6. The maximum absolute atomic E-state index is 13.0. The molecule has 8 heteroatoms. The Morgan fingerprint density at radius 1 is 1.26 bits per heavy atom. The van der Waals surface area contributed by atoms with Crippen LogP contribution in [-0.4, -0.2) is 22.0 Å². The van der Waals surface area contributed by atoms with Crippen molar-refractivity contribution in [2.45, 2.75) is 13.5 Å². The Balaban J connectivity index is 1.71. The Morgan fingerprint density at radius 2 is 1.93 bits per heavy atom. The first kappa shape index (κ1) is 18.6. The Kier molecular flexibility index (Phi) is 5.52. The Bertz CT molecular complexity index is 982. The van der Waals surface area contributed by atoms with Gasteiger partial charge < -0.3 is 9.90 Å². The summed E-state index contributed by atoms with van der Waals surface area (Å²) in [5, 5.41) is 19.6. The van der Waals surface area contributed by atoms with Crippen LogP contribution < -0.4 is 10.5 Å². The zero-order chi connectivity index (χ0) is 19.4. The summed E-state index contributed by atoms with van der Waals surface area (Å²) in [6.07, 6.45) is 1.54. The van der Waals surface area contributed by atoms with Crippen LogP contribution in [0.25, 0.3) is 0 Å². The van der Waals surface area contributed by atoms with E-state index in [1.807, 2.05) is 6.92 Å². The van der Waals surface area contributed by atoms with E-state index < -0.39 is 5.97 Å². The van der Waals surface area contributed by atoms with Crippen molar-refractivity contribution in [1.29, 1.82) is 0 Å². The summed E-state index contributed by atoms with van der Waals surface area (Å²) in [5.74, 6) is -1.53. The van der Waals surface area contributed by atoms with Gasteiger partial charge in [-0.1, -0.05) is 35.9 Å². The van der Waals surface area contributed by atoms with Crippen molar-refractivity contribution in [3.63, 3.8) is 0 Å². The lowest BCUT2D eigenvalue weighted by atomic mass is 10.2. The van der Waals surface area contributed by atoms with Gasteiger partial charge in [-0.15, -0.1) is 0 Å². The Labute approximate surface area is 159 Å². The minimum absolute atomic E-state index is 0.0884.